The van der Waals surface area contributed by atoms with Crippen LogP contribution in [0.5, 0.6) is 0 Å². The summed E-state index contributed by atoms with van der Waals surface area (Å²) < 4.78 is 4.84. The SMILES string of the molecule is c1ccc(-c2ccc(-n3c4cc5c(cc4c4c6ccccc6ccc43)c3ccccc3n5-c3ccc(-c4nc(-c5ccccc5)nc(-c5ccc6ccccc6c5)n4)cc3)cc2)cc1. The zero-order chi connectivity index (χ0) is 42.1. The molecule has 0 radical (unpaired) electrons. The van der Waals surface area contributed by atoms with Crippen molar-refractivity contribution in [3.8, 4) is 56.7 Å². The highest BCUT2D eigenvalue weighted by atomic mass is 15.0. The van der Waals surface area contributed by atoms with E-state index in [4.69, 9.17) is 15.0 Å². The first-order valence-electron chi connectivity index (χ1n) is 21.7. The number of para-hydroxylation sites is 1. The molecule has 10 aromatic carbocycles. The predicted molar refractivity (Wildman–Crippen MR) is 265 cm³/mol. The molecule has 0 spiro atoms. The van der Waals surface area contributed by atoms with Gasteiger partial charge in [-0.1, -0.05) is 158 Å². The summed E-state index contributed by atoms with van der Waals surface area (Å²) in [7, 11) is 0. The fraction of sp³-hybridized carbons (Fsp3) is 0. The molecule has 0 amide bonds. The lowest BCUT2D eigenvalue weighted by Gasteiger charge is -2.12. The molecule has 5 nitrogen and oxygen atoms in total. The highest BCUT2D eigenvalue weighted by Crippen LogP contribution is 2.42. The van der Waals surface area contributed by atoms with E-state index in [-0.39, 0.29) is 0 Å². The van der Waals surface area contributed by atoms with Crippen LogP contribution in [0.15, 0.2) is 224 Å². The highest BCUT2D eigenvalue weighted by Gasteiger charge is 2.21. The van der Waals surface area contributed by atoms with Crippen LogP contribution in [0, 0.1) is 0 Å². The summed E-state index contributed by atoms with van der Waals surface area (Å²) in [6.07, 6.45) is 0. The Morgan fingerprint density at radius 1 is 0.250 bits per heavy atom. The third-order valence-electron chi connectivity index (χ3n) is 12.7. The van der Waals surface area contributed by atoms with Crippen LogP contribution in [0.1, 0.15) is 0 Å². The fourth-order valence-electron chi connectivity index (χ4n) is 9.68. The highest BCUT2D eigenvalue weighted by molar-refractivity contribution is 6.25. The Kier molecular flexibility index (Phi) is 8.15. The smallest absolute Gasteiger partial charge is 0.164 e. The summed E-state index contributed by atoms with van der Waals surface area (Å²) in [4.78, 5) is 15.2. The van der Waals surface area contributed by atoms with E-state index in [1.807, 2.05) is 30.3 Å². The van der Waals surface area contributed by atoms with Crippen LogP contribution in [-0.2, 0) is 0 Å². The van der Waals surface area contributed by atoms with Gasteiger partial charge in [0.2, 0.25) is 0 Å². The fourth-order valence-corrected chi connectivity index (χ4v) is 9.68. The van der Waals surface area contributed by atoms with Gasteiger partial charge < -0.3 is 9.13 Å². The molecule has 3 heterocycles. The third-order valence-corrected chi connectivity index (χ3v) is 12.7. The van der Waals surface area contributed by atoms with Crippen molar-refractivity contribution in [2.75, 3.05) is 0 Å². The Bertz CT molecular complexity index is 3920. The van der Waals surface area contributed by atoms with Gasteiger partial charge in [-0.15, -0.1) is 0 Å². The van der Waals surface area contributed by atoms with E-state index < -0.39 is 0 Å². The second-order valence-electron chi connectivity index (χ2n) is 16.4. The second kappa shape index (κ2) is 14.5. The van der Waals surface area contributed by atoms with Crippen LogP contribution in [-0.4, -0.2) is 24.1 Å². The Morgan fingerprint density at radius 2 is 0.734 bits per heavy atom. The number of nitrogens with zero attached hydrogens (tertiary/aromatic N) is 5. The summed E-state index contributed by atoms with van der Waals surface area (Å²) in [5.41, 5.74) is 12.0. The number of aromatic nitrogens is 5. The van der Waals surface area contributed by atoms with Gasteiger partial charge >= 0.3 is 0 Å². The van der Waals surface area contributed by atoms with E-state index in [2.05, 4.69) is 203 Å². The van der Waals surface area contributed by atoms with Gasteiger partial charge in [0.25, 0.3) is 0 Å². The van der Waals surface area contributed by atoms with Crippen molar-refractivity contribution in [1.29, 1.82) is 0 Å². The van der Waals surface area contributed by atoms with Crippen molar-refractivity contribution in [1.82, 2.24) is 24.1 Å². The largest absolute Gasteiger partial charge is 0.309 e. The summed E-state index contributed by atoms with van der Waals surface area (Å²) >= 11 is 0. The van der Waals surface area contributed by atoms with Crippen LogP contribution in [0.25, 0.3) is 122 Å². The molecular weight excluding hydrogens is 779 g/mol. The molecule has 0 bridgehead atoms. The van der Waals surface area contributed by atoms with Gasteiger partial charge in [0.15, 0.2) is 17.5 Å². The molecule has 0 aliphatic rings. The molecule has 0 aliphatic carbocycles. The summed E-state index contributed by atoms with van der Waals surface area (Å²) in [6, 6.07) is 80.0. The Labute approximate surface area is 368 Å². The van der Waals surface area contributed by atoms with E-state index in [1.165, 1.54) is 54.3 Å². The standard InChI is InChI=1S/C59H37N5/c1-3-13-38(14-4-1)40-25-30-47(31-26-40)64-53-34-29-41-16-9-10-20-48(41)56(53)51-36-50-49-21-11-12-22-52(49)63(54(50)37-55(51)64)46-32-27-43(28-33-46)58-60-57(42-17-5-2-6-18-42)61-59(62-58)45-24-23-39-15-7-8-19-44(39)35-45/h1-37H. The van der Waals surface area contributed by atoms with Crippen molar-refractivity contribution >= 4 is 65.2 Å². The lowest BCUT2D eigenvalue weighted by molar-refractivity contribution is 1.07. The van der Waals surface area contributed by atoms with Crippen molar-refractivity contribution in [2.24, 2.45) is 0 Å². The number of rotatable bonds is 6. The van der Waals surface area contributed by atoms with Crippen LogP contribution < -0.4 is 0 Å². The predicted octanol–water partition coefficient (Wildman–Crippen LogP) is 15.0. The van der Waals surface area contributed by atoms with E-state index >= 15 is 0 Å². The molecule has 0 unspecified atom stereocenters. The van der Waals surface area contributed by atoms with E-state index in [9.17, 15) is 0 Å². The number of hydrogen-bond acceptors (Lipinski definition) is 3. The average Bonchev–Trinajstić information content (AvgIpc) is 3.88. The van der Waals surface area contributed by atoms with Gasteiger partial charge in [-0.3, -0.25) is 0 Å². The van der Waals surface area contributed by atoms with Crippen LogP contribution in [0.4, 0.5) is 0 Å². The minimum absolute atomic E-state index is 0.627. The Hall–Kier alpha value is -8.67. The van der Waals surface area contributed by atoms with Gasteiger partial charge in [0.1, 0.15) is 0 Å². The minimum Gasteiger partial charge on any atom is -0.309 e. The Balaban J connectivity index is 0.993. The first kappa shape index (κ1) is 36.0. The third kappa shape index (κ3) is 5.83. The summed E-state index contributed by atoms with van der Waals surface area (Å²) in [6.45, 7) is 0. The first-order chi connectivity index (χ1) is 31.7. The Morgan fingerprint density at radius 3 is 1.45 bits per heavy atom. The van der Waals surface area contributed by atoms with Gasteiger partial charge in [-0.25, -0.2) is 15.0 Å². The number of fused-ring (bicyclic) bond motifs is 9. The number of benzene rings is 10. The molecule has 13 aromatic rings. The second-order valence-corrected chi connectivity index (χ2v) is 16.4. The van der Waals surface area contributed by atoms with Gasteiger partial charge in [-0.2, -0.15) is 0 Å². The van der Waals surface area contributed by atoms with Crippen LogP contribution >= 0.6 is 0 Å². The molecule has 0 saturated heterocycles. The van der Waals surface area contributed by atoms with Gasteiger partial charge in [0, 0.05) is 49.6 Å². The molecular formula is C59H37N5. The minimum atomic E-state index is 0.627. The molecule has 0 saturated carbocycles. The number of hydrogen-bond donors (Lipinski definition) is 0. The lowest BCUT2D eigenvalue weighted by atomic mass is 10.0. The maximum Gasteiger partial charge on any atom is 0.164 e. The normalized spacial score (nSPS) is 11.8. The van der Waals surface area contributed by atoms with E-state index in [1.54, 1.807) is 0 Å². The van der Waals surface area contributed by atoms with Crippen molar-refractivity contribution in [3.05, 3.63) is 224 Å². The first-order valence-corrected chi connectivity index (χ1v) is 21.7. The lowest BCUT2D eigenvalue weighted by Crippen LogP contribution is -2.00. The quantitative estimate of drug-likeness (QED) is 0.168. The van der Waals surface area contributed by atoms with Crippen LogP contribution in [0.2, 0.25) is 0 Å². The molecule has 0 fully saturated rings. The maximum absolute atomic E-state index is 5.10. The summed E-state index contributed by atoms with van der Waals surface area (Å²) in [5, 5.41) is 9.72. The average molecular weight is 816 g/mol. The monoisotopic (exact) mass is 815 g/mol. The van der Waals surface area contributed by atoms with Gasteiger partial charge in [-0.05, 0) is 99.4 Å². The van der Waals surface area contributed by atoms with Crippen LogP contribution in [0.3, 0.4) is 0 Å². The van der Waals surface area contributed by atoms with Gasteiger partial charge in [0.05, 0.1) is 22.1 Å². The molecule has 298 valence electrons. The van der Waals surface area contributed by atoms with Crippen molar-refractivity contribution in [2.45, 2.75) is 0 Å². The topological polar surface area (TPSA) is 48.5 Å². The van der Waals surface area contributed by atoms with E-state index in [0.29, 0.717) is 17.5 Å². The molecule has 0 N–H and O–H groups in total. The van der Waals surface area contributed by atoms with E-state index in [0.717, 1.165) is 50.0 Å². The van der Waals surface area contributed by atoms with Crippen molar-refractivity contribution in [3.63, 3.8) is 0 Å². The molecule has 0 atom stereocenters. The maximum atomic E-state index is 5.10. The van der Waals surface area contributed by atoms with Crippen molar-refractivity contribution < 1.29 is 0 Å². The zero-order valence-corrected chi connectivity index (χ0v) is 34.6. The molecule has 5 heteroatoms. The summed E-state index contributed by atoms with van der Waals surface area (Å²) in [5.74, 6) is 1.91. The molecule has 64 heavy (non-hydrogen) atoms. The molecule has 0 aliphatic heterocycles. The molecule has 13 rings (SSSR count). The zero-order valence-electron chi connectivity index (χ0n) is 34.6. The molecule has 3 aromatic heterocycles.